The van der Waals surface area contributed by atoms with Gasteiger partial charge in [0.05, 0.1) is 0 Å². The van der Waals surface area contributed by atoms with Gasteiger partial charge in [0.15, 0.2) is 0 Å². The monoisotopic (exact) mass is 314 g/mol. The Labute approximate surface area is 130 Å². The zero-order valence-corrected chi connectivity index (χ0v) is 14.3. The van der Waals surface area contributed by atoms with Crippen molar-refractivity contribution in [3.63, 3.8) is 0 Å². The molecular formula is C14H26N4S2. The Morgan fingerprint density at radius 3 is 2.90 bits per heavy atom. The van der Waals surface area contributed by atoms with Crippen LogP contribution in [0.15, 0.2) is 6.33 Å². The molecule has 1 fully saturated rings. The lowest BCUT2D eigenvalue weighted by Crippen LogP contribution is -2.46. The molecule has 0 radical (unpaired) electrons. The van der Waals surface area contributed by atoms with E-state index in [1.54, 1.807) is 6.33 Å². The first-order valence-corrected chi connectivity index (χ1v) is 9.69. The highest BCUT2D eigenvalue weighted by atomic mass is 32.2. The molecule has 3 unspecified atom stereocenters. The van der Waals surface area contributed by atoms with Crippen molar-refractivity contribution in [3.05, 3.63) is 12.2 Å². The van der Waals surface area contributed by atoms with Crippen LogP contribution >= 0.6 is 23.5 Å². The van der Waals surface area contributed by atoms with E-state index in [1.165, 1.54) is 11.5 Å². The lowest BCUT2D eigenvalue weighted by atomic mass is 10.1. The minimum Gasteiger partial charge on any atom is -0.313 e. The van der Waals surface area contributed by atoms with E-state index in [9.17, 15) is 0 Å². The summed E-state index contributed by atoms with van der Waals surface area (Å²) in [4.78, 5) is 4.47. The topological polar surface area (TPSA) is 42.7 Å². The molecule has 2 rings (SSSR count). The summed E-state index contributed by atoms with van der Waals surface area (Å²) in [6.45, 7) is 8.72. The number of hydrogen-bond donors (Lipinski definition) is 1. The van der Waals surface area contributed by atoms with Crippen LogP contribution in [0.1, 0.15) is 33.0 Å². The first-order chi connectivity index (χ1) is 9.76. The number of hydrogen-bond acceptors (Lipinski definition) is 5. The molecule has 0 saturated carbocycles. The predicted octanol–water partition coefficient (Wildman–Crippen LogP) is 2.45. The molecule has 114 valence electrons. The third-order valence-electron chi connectivity index (χ3n) is 3.63. The van der Waals surface area contributed by atoms with E-state index in [2.05, 4.69) is 64.4 Å². The molecule has 1 N–H and O–H groups in total. The van der Waals surface area contributed by atoms with Gasteiger partial charge in [-0.25, -0.2) is 4.98 Å². The summed E-state index contributed by atoms with van der Waals surface area (Å²) in [7, 11) is 0. The van der Waals surface area contributed by atoms with E-state index in [0.717, 1.165) is 31.8 Å². The normalized spacial score (nSPS) is 24.8. The van der Waals surface area contributed by atoms with Crippen LogP contribution < -0.4 is 5.32 Å². The Hall–Kier alpha value is -0.200. The van der Waals surface area contributed by atoms with Crippen LogP contribution in [0.25, 0.3) is 0 Å². The van der Waals surface area contributed by atoms with Gasteiger partial charge in [-0.05, 0) is 13.0 Å². The van der Waals surface area contributed by atoms with Gasteiger partial charge < -0.3 is 5.32 Å². The van der Waals surface area contributed by atoms with Crippen molar-refractivity contribution >= 4 is 23.5 Å². The Morgan fingerprint density at radius 2 is 2.20 bits per heavy atom. The van der Waals surface area contributed by atoms with E-state index in [4.69, 9.17) is 0 Å². The van der Waals surface area contributed by atoms with E-state index in [-0.39, 0.29) is 0 Å². The largest absolute Gasteiger partial charge is 0.313 e. The lowest BCUT2D eigenvalue weighted by molar-refractivity contribution is 0.468. The van der Waals surface area contributed by atoms with Crippen LogP contribution in [0.5, 0.6) is 0 Å². The minimum absolute atomic E-state index is 0.493. The second-order valence-corrected chi connectivity index (χ2v) is 7.95. The van der Waals surface area contributed by atoms with Crippen LogP contribution in [0.3, 0.4) is 0 Å². The van der Waals surface area contributed by atoms with E-state index in [1.807, 2.05) is 0 Å². The number of thioether (sulfide) groups is 2. The summed E-state index contributed by atoms with van der Waals surface area (Å²) in [6, 6.07) is 0.493. The molecule has 1 aliphatic rings. The Balaban J connectivity index is 2.06. The fraction of sp³-hybridized carbons (Fsp3) is 0.857. The average Bonchev–Trinajstić information content (AvgIpc) is 2.87. The highest BCUT2D eigenvalue weighted by Crippen LogP contribution is 2.33. The summed E-state index contributed by atoms with van der Waals surface area (Å²) in [5.41, 5.74) is 0. The van der Waals surface area contributed by atoms with Gasteiger partial charge in [-0.2, -0.15) is 28.6 Å². The maximum atomic E-state index is 4.47. The quantitative estimate of drug-likeness (QED) is 0.837. The fourth-order valence-electron chi connectivity index (χ4n) is 2.70. The van der Waals surface area contributed by atoms with E-state index >= 15 is 0 Å². The van der Waals surface area contributed by atoms with Gasteiger partial charge in [0.2, 0.25) is 0 Å². The summed E-state index contributed by atoms with van der Waals surface area (Å²) in [5, 5.41) is 9.40. The van der Waals surface area contributed by atoms with Crippen molar-refractivity contribution < 1.29 is 0 Å². The summed E-state index contributed by atoms with van der Waals surface area (Å²) in [6.07, 6.45) is 3.78. The number of aryl methyl sites for hydroxylation is 1. The molecule has 1 saturated heterocycles. The Kier molecular flexibility index (Phi) is 6.71. The molecule has 20 heavy (non-hydrogen) atoms. The van der Waals surface area contributed by atoms with Crippen LogP contribution in [0.4, 0.5) is 0 Å². The molecule has 6 heteroatoms. The molecule has 1 aromatic rings. The second kappa shape index (κ2) is 8.29. The minimum atomic E-state index is 0.493. The molecular weight excluding hydrogens is 288 g/mol. The van der Waals surface area contributed by atoms with Gasteiger partial charge >= 0.3 is 0 Å². The molecule has 0 aliphatic carbocycles. The Morgan fingerprint density at radius 1 is 1.40 bits per heavy atom. The van der Waals surface area contributed by atoms with Gasteiger partial charge in [0.25, 0.3) is 0 Å². The molecule has 0 aromatic carbocycles. The SMILES string of the molecule is CCCn1ncnc1CC(NCC)C1SCCSC1C. The molecule has 1 aliphatic heterocycles. The first kappa shape index (κ1) is 16.2. The molecule has 2 heterocycles. The third-order valence-corrected chi connectivity index (χ3v) is 6.88. The highest BCUT2D eigenvalue weighted by molar-refractivity contribution is 8.07. The third kappa shape index (κ3) is 4.15. The molecule has 1 aromatic heterocycles. The molecule has 0 spiro atoms. The van der Waals surface area contributed by atoms with Crippen LogP contribution in [0, 0.1) is 0 Å². The van der Waals surface area contributed by atoms with E-state index < -0.39 is 0 Å². The molecule has 3 atom stereocenters. The number of likely N-dealkylation sites (N-methyl/N-ethyl adjacent to an activating group) is 1. The predicted molar refractivity (Wildman–Crippen MR) is 89.6 cm³/mol. The summed E-state index contributed by atoms with van der Waals surface area (Å²) >= 11 is 4.22. The fourth-order valence-corrected chi connectivity index (χ4v) is 5.66. The van der Waals surface area contributed by atoms with Gasteiger partial charge in [-0.3, -0.25) is 4.68 Å². The van der Waals surface area contributed by atoms with Gasteiger partial charge in [0, 0.05) is 41.0 Å². The maximum Gasteiger partial charge on any atom is 0.138 e. The van der Waals surface area contributed by atoms with Gasteiger partial charge in [-0.1, -0.05) is 20.8 Å². The molecule has 0 amide bonds. The summed E-state index contributed by atoms with van der Waals surface area (Å²) < 4.78 is 2.07. The number of aromatic nitrogens is 3. The lowest BCUT2D eigenvalue weighted by Gasteiger charge is -2.34. The van der Waals surface area contributed by atoms with Gasteiger partial charge in [-0.15, -0.1) is 0 Å². The maximum absolute atomic E-state index is 4.47. The van der Waals surface area contributed by atoms with Crippen molar-refractivity contribution in [2.75, 3.05) is 18.1 Å². The van der Waals surface area contributed by atoms with Crippen molar-refractivity contribution in [1.82, 2.24) is 20.1 Å². The number of rotatable bonds is 7. The second-order valence-electron chi connectivity index (χ2n) is 5.18. The molecule has 0 bridgehead atoms. The molecule has 4 nitrogen and oxygen atoms in total. The zero-order chi connectivity index (χ0) is 14.4. The van der Waals surface area contributed by atoms with E-state index in [0.29, 0.717) is 16.5 Å². The number of nitrogens with one attached hydrogen (secondary N) is 1. The summed E-state index contributed by atoms with van der Waals surface area (Å²) in [5.74, 6) is 3.68. The van der Waals surface area contributed by atoms with Crippen molar-refractivity contribution in [1.29, 1.82) is 0 Å². The van der Waals surface area contributed by atoms with Crippen LogP contribution in [-0.4, -0.2) is 49.4 Å². The van der Waals surface area contributed by atoms with Crippen LogP contribution in [-0.2, 0) is 13.0 Å². The standard InChI is InChI=1S/C14H26N4S2/c1-4-6-18-13(16-10-17-18)9-12(15-5-2)14-11(3)19-7-8-20-14/h10-12,14-15H,4-9H2,1-3H3. The number of nitrogens with zero attached hydrogens (tertiary/aromatic N) is 3. The van der Waals surface area contributed by atoms with Crippen molar-refractivity contribution in [2.45, 2.75) is 56.7 Å². The van der Waals surface area contributed by atoms with Crippen molar-refractivity contribution in [2.24, 2.45) is 0 Å². The zero-order valence-electron chi connectivity index (χ0n) is 12.7. The first-order valence-electron chi connectivity index (χ1n) is 7.59. The van der Waals surface area contributed by atoms with Crippen molar-refractivity contribution in [3.8, 4) is 0 Å². The van der Waals surface area contributed by atoms with Crippen LogP contribution in [0.2, 0.25) is 0 Å². The highest BCUT2D eigenvalue weighted by Gasteiger charge is 2.30. The Bertz CT molecular complexity index is 396. The smallest absolute Gasteiger partial charge is 0.138 e. The van der Waals surface area contributed by atoms with Gasteiger partial charge in [0.1, 0.15) is 12.2 Å². The average molecular weight is 315 g/mol.